The fraction of sp³-hybridized carbons (Fsp3) is 0.0556. The van der Waals surface area contributed by atoms with E-state index in [1.54, 1.807) is 0 Å². The molecule has 0 bridgehead atoms. The van der Waals surface area contributed by atoms with Crippen LogP contribution in [-0.4, -0.2) is 5.91 Å². The summed E-state index contributed by atoms with van der Waals surface area (Å²) in [6.45, 7) is 0.537. The first-order valence-corrected chi connectivity index (χ1v) is 7.82. The summed E-state index contributed by atoms with van der Waals surface area (Å²) in [5, 5.41) is 5.36. The van der Waals surface area contributed by atoms with E-state index in [0.717, 1.165) is 9.13 Å². The number of benzene rings is 3. The van der Waals surface area contributed by atoms with Crippen LogP contribution in [0.5, 0.6) is 0 Å². The third-order valence-corrected chi connectivity index (χ3v) is 4.09. The minimum absolute atomic E-state index is 0.0421. The van der Waals surface area contributed by atoms with Crippen LogP contribution in [-0.2, 0) is 6.54 Å². The second-order valence-electron chi connectivity index (χ2n) is 4.87. The van der Waals surface area contributed by atoms with Gasteiger partial charge in [-0.1, -0.05) is 36.4 Å². The zero-order chi connectivity index (χ0) is 14.7. The second-order valence-corrected chi connectivity index (χ2v) is 6.12. The molecule has 1 N–H and O–H groups in total. The predicted molar refractivity (Wildman–Crippen MR) is 94.3 cm³/mol. The lowest BCUT2D eigenvalue weighted by Crippen LogP contribution is -2.22. The van der Waals surface area contributed by atoms with Crippen molar-refractivity contribution in [2.45, 2.75) is 6.54 Å². The van der Waals surface area contributed by atoms with Gasteiger partial charge in [-0.2, -0.15) is 0 Å². The molecule has 0 fully saturated rings. The van der Waals surface area contributed by atoms with Crippen LogP contribution >= 0.6 is 22.6 Å². The van der Waals surface area contributed by atoms with Gasteiger partial charge in [0, 0.05) is 15.7 Å². The molecule has 0 aliphatic carbocycles. The molecule has 0 saturated carbocycles. The predicted octanol–water partition coefficient (Wildman–Crippen LogP) is 4.37. The fourth-order valence-corrected chi connectivity index (χ4v) is 2.59. The van der Waals surface area contributed by atoms with Crippen molar-refractivity contribution >= 4 is 39.3 Å². The second kappa shape index (κ2) is 6.26. The minimum Gasteiger partial charge on any atom is -0.348 e. The number of fused-ring (bicyclic) bond motifs is 1. The number of hydrogen-bond donors (Lipinski definition) is 1. The number of nitrogens with one attached hydrogen (secondary N) is 1. The molecule has 1 amide bonds. The molecule has 3 aromatic rings. The standard InChI is InChI=1S/C18H14INO/c19-17-9-7-15(8-10-17)18(21)20-12-13-5-6-14-3-1-2-4-16(14)11-13/h1-11H,12H2,(H,20,21). The molecule has 104 valence electrons. The SMILES string of the molecule is O=C(NCc1ccc2ccccc2c1)c1ccc(I)cc1. The van der Waals surface area contributed by atoms with Crippen LogP contribution in [0.15, 0.2) is 66.7 Å². The van der Waals surface area contributed by atoms with Gasteiger partial charge in [-0.15, -0.1) is 0 Å². The van der Waals surface area contributed by atoms with Gasteiger partial charge in [0.15, 0.2) is 0 Å². The van der Waals surface area contributed by atoms with Crippen LogP contribution in [0.2, 0.25) is 0 Å². The fourth-order valence-electron chi connectivity index (χ4n) is 2.23. The molecule has 0 unspecified atom stereocenters. The highest BCUT2D eigenvalue weighted by molar-refractivity contribution is 14.1. The van der Waals surface area contributed by atoms with Crippen molar-refractivity contribution < 1.29 is 4.79 Å². The van der Waals surface area contributed by atoms with Gasteiger partial charge in [-0.05, 0) is 69.3 Å². The third-order valence-electron chi connectivity index (χ3n) is 3.37. The normalized spacial score (nSPS) is 10.5. The molecular weight excluding hydrogens is 373 g/mol. The van der Waals surface area contributed by atoms with Crippen molar-refractivity contribution in [3.8, 4) is 0 Å². The van der Waals surface area contributed by atoms with E-state index in [2.05, 4.69) is 58.2 Å². The highest BCUT2D eigenvalue weighted by atomic mass is 127. The Labute approximate surface area is 137 Å². The van der Waals surface area contributed by atoms with Crippen molar-refractivity contribution in [3.05, 3.63) is 81.4 Å². The molecule has 0 atom stereocenters. The maximum Gasteiger partial charge on any atom is 0.251 e. The van der Waals surface area contributed by atoms with Crippen molar-refractivity contribution in [1.82, 2.24) is 5.32 Å². The van der Waals surface area contributed by atoms with Gasteiger partial charge in [0.1, 0.15) is 0 Å². The first kappa shape index (κ1) is 14.1. The van der Waals surface area contributed by atoms with Crippen molar-refractivity contribution in [1.29, 1.82) is 0 Å². The van der Waals surface area contributed by atoms with E-state index in [-0.39, 0.29) is 5.91 Å². The van der Waals surface area contributed by atoms with E-state index in [4.69, 9.17) is 0 Å². The molecule has 3 aromatic carbocycles. The number of carbonyl (C=O) groups is 1. The molecule has 3 heteroatoms. The molecule has 0 saturated heterocycles. The molecule has 0 heterocycles. The molecule has 21 heavy (non-hydrogen) atoms. The van der Waals surface area contributed by atoms with Gasteiger partial charge in [-0.25, -0.2) is 0 Å². The Morgan fingerprint density at radius 2 is 1.62 bits per heavy atom. The van der Waals surface area contributed by atoms with Crippen molar-refractivity contribution in [3.63, 3.8) is 0 Å². The maximum atomic E-state index is 12.1. The lowest BCUT2D eigenvalue weighted by atomic mass is 10.1. The molecule has 3 rings (SSSR count). The quantitative estimate of drug-likeness (QED) is 0.665. The summed E-state index contributed by atoms with van der Waals surface area (Å²) < 4.78 is 1.12. The van der Waals surface area contributed by atoms with E-state index in [1.807, 2.05) is 36.4 Å². The summed E-state index contributed by atoms with van der Waals surface area (Å²) in [5.74, 6) is -0.0421. The smallest absolute Gasteiger partial charge is 0.251 e. The Balaban J connectivity index is 1.71. The summed E-state index contributed by atoms with van der Waals surface area (Å²) in [4.78, 5) is 12.1. The minimum atomic E-state index is -0.0421. The monoisotopic (exact) mass is 387 g/mol. The molecule has 0 aliphatic heterocycles. The van der Waals surface area contributed by atoms with Crippen LogP contribution in [0.3, 0.4) is 0 Å². The van der Waals surface area contributed by atoms with E-state index >= 15 is 0 Å². The van der Waals surface area contributed by atoms with E-state index in [0.29, 0.717) is 12.1 Å². The molecular formula is C18H14INO. The summed E-state index contributed by atoms with van der Waals surface area (Å²) >= 11 is 2.23. The van der Waals surface area contributed by atoms with E-state index in [1.165, 1.54) is 10.8 Å². The zero-order valence-corrected chi connectivity index (χ0v) is 13.5. The Morgan fingerprint density at radius 3 is 2.38 bits per heavy atom. The summed E-state index contributed by atoms with van der Waals surface area (Å²) in [5.41, 5.74) is 1.80. The highest BCUT2D eigenvalue weighted by Crippen LogP contribution is 2.15. The van der Waals surface area contributed by atoms with Gasteiger partial charge < -0.3 is 5.32 Å². The number of halogens is 1. The van der Waals surface area contributed by atoms with E-state index < -0.39 is 0 Å². The van der Waals surface area contributed by atoms with Crippen molar-refractivity contribution in [2.24, 2.45) is 0 Å². The Hall–Kier alpha value is -1.88. The molecule has 0 aromatic heterocycles. The Bertz CT molecular complexity index is 781. The van der Waals surface area contributed by atoms with Gasteiger partial charge in [-0.3, -0.25) is 4.79 Å². The van der Waals surface area contributed by atoms with E-state index in [9.17, 15) is 4.79 Å². The topological polar surface area (TPSA) is 29.1 Å². The van der Waals surface area contributed by atoms with Gasteiger partial charge in [0.2, 0.25) is 0 Å². The summed E-state index contributed by atoms with van der Waals surface area (Å²) in [6.07, 6.45) is 0. The van der Waals surface area contributed by atoms with Crippen LogP contribution < -0.4 is 5.32 Å². The molecule has 2 nitrogen and oxygen atoms in total. The van der Waals surface area contributed by atoms with Crippen LogP contribution in [0.25, 0.3) is 10.8 Å². The maximum absolute atomic E-state index is 12.1. The first-order chi connectivity index (χ1) is 10.2. The lowest BCUT2D eigenvalue weighted by molar-refractivity contribution is 0.0951. The van der Waals surface area contributed by atoms with Crippen LogP contribution in [0, 0.1) is 3.57 Å². The number of amides is 1. The summed E-state index contributed by atoms with van der Waals surface area (Å²) in [6, 6.07) is 22.0. The molecule has 0 spiro atoms. The zero-order valence-electron chi connectivity index (χ0n) is 11.3. The third kappa shape index (κ3) is 3.42. The number of rotatable bonds is 3. The molecule has 0 aliphatic rings. The first-order valence-electron chi connectivity index (χ1n) is 6.74. The Morgan fingerprint density at radius 1 is 0.905 bits per heavy atom. The van der Waals surface area contributed by atoms with Crippen LogP contribution in [0.1, 0.15) is 15.9 Å². The lowest BCUT2D eigenvalue weighted by Gasteiger charge is -2.07. The largest absolute Gasteiger partial charge is 0.348 e. The Kier molecular flexibility index (Phi) is 4.20. The van der Waals surface area contributed by atoms with Gasteiger partial charge in [0.05, 0.1) is 0 Å². The average Bonchev–Trinajstić information content (AvgIpc) is 2.53. The van der Waals surface area contributed by atoms with Gasteiger partial charge in [0.25, 0.3) is 5.91 Å². The van der Waals surface area contributed by atoms with Gasteiger partial charge >= 0.3 is 0 Å². The molecule has 0 radical (unpaired) electrons. The van der Waals surface area contributed by atoms with Crippen LogP contribution in [0.4, 0.5) is 0 Å². The highest BCUT2D eigenvalue weighted by Gasteiger charge is 2.05. The number of carbonyl (C=O) groups excluding carboxylic acids is 1. The summed E-state index contributed by atoms with van der Waals surface area (Å²) in [7, 11) is 0. The van der Waals surface area contributed by atoms with Crippen molar-refractivity contribution in [2.75, 3.05) is 0 Å². The number of hydrogen-bond acceptors (Lipinski definition) is 1. The average molecular weight is 387 g/mol.